The molecule has 2 aromatic heterocycles. The summed E-state index contributed by atoms with van der Waals surface area (Å²) in [4.78, 5) is 9.11. The second kappa shape index (κ2) is 8.91. The van der Waals surface area contributed by atoms with Gasteiger partial charge in [0.25, 0.3) is 0 Å². The van der Waals surface area contributed by atoms with Crippen LogP contribution >= 0.6 is 0 Å². The lowest BCUT2D eigenvalue weighted by atomic mass is 9.92. The van der Waals surface area contributed by atoms with E-state index in [1.54, 1.807) is 12.1 Å². The van der Waals surface area contributed by atoms with Crippen LogP contribution in [0.25, 0.3) is 10.9 Å². The second-order valence-corrected chi connectivity index (χ2v) is 7.66. The van der Waals surface area contributed by atoms with Crippen molar-refractivity contribution in [3.05, 3.63) is 59.0 Å². The van der Waals surface area contributed by atoms with Gasteiger partial charge in [0.15, 0.2) is 11.4 Å². The number of aromatic hydroxyl groups is 1. The van der Waals surface area contributed by atoms with E-state index in [2.05, 4.69) is 34.6 Å². The molecule has 2 N–H and O–H groups in total. The number of aromatic nitrogens is 2. The molecular formula is C24H26N4O. The predicted octanol–water partition coefficient (Wildman–Crippen LogP) is 4.91. The van der Waals surface area contributed by atoms with Gasteiger partial charge in [-0.25, -0.2) is 4.98 Å². The van der Waals surface area contributed by atoms with Gasteiger partial charge in [0.2, 0.25) is 0 Å². The highest BCUT2D eigenvalue weighted by atomic mass is 16.3. The van der Waals surface area contributed by atoms with Gasteiger partial charge in [0, 0.05) is 29.0 Å². The average molecular weight is 386 g/mol. The number of nitriles is 1. The molecule has 148 valence electrons. The number of hydrogen-bond donors (Lipinski definition) is 2. The van der Waals surface area contributed by atoms with Crippen molar-refractivity contribution >= 4 is 16.6 Å². The van der Waals surface area contributed by atoms with Gasteiger partial charge in [-0.1, -0.05) is 24.6 Å². The molecular weight excluding hydrogens is 360 g/mol. The van der Waals surface area contributed by atoms with Crippen LogP contribution in [0, 0.1) is 11.3 Å². The molecule has 5 nitrogen and oxygen atoms in total. The van der Waals surface area contributed by atoms with Crippen LogP contribution in [0.3, 0.4) is 0 Å². The zero-order valence-electron chi connectivity index (χ0n) is 16.6. The summed E-state index contributed by atoms with van der Waals surface area (Å²) < 4.78 is 0. The molecule has 0 unspecified atom stereocenters. The molecule has 2 heterocycles. The number of rotatable bonds is 7. The highest BCUT2D eigenvalue weighted by molar-refractivity contribution is 5.93. The predicted molar refractivity (Wildman–Crippen MR) is 115 cm³/mol. The molecule has 4 rings (SSSR count). The number of nitrogens with one attached hydrogen (secondary N) is 1. The first kappa shape index (κ1) is 19.2. The molecule has 29 heavy (non-hydrogen) atoms. The Hall–Kier alpha value is -3.13. The van der Waals surface area contributed by atoms with Crippen LogP contribution in [-0.2, 0) is 19.3 Å². The van der Waals surface area contributed by atoms with Crippen molar-refractivity contribution in [2.75, 3.05) is 11.9 Å². The van der Waals surface area contributed by atoms with Gasteiger partial charge >= 0.3 is 0 Å². The zero-order valence-corrected chi connectivity index (χ0v) is 16.6. The Labute approximate surface area is 171 Å². The number of aryl methyl sites for hydroxylation is 2. The quantitative estimate of drug-likeness (QED) is 0.564. The van der Waals surface area contributed by atoms with Crippen LogP contribution in [0.15, 0.2) is 36.4 Å². The van der Waals surface area contributed by atoms with Crippen LogP contribution in [0.5, 0.6) is 5.75 Å². The molecule has 0 aliphatic heterocycles. The first-order valence-electron chi connectivity index (χ1n) is 10.5. The van der Waals surface area contributed by atoms with E-state index in [1.165, 1.54) is 35.2 Å². The summed E-state index contributed by atoms with van der Waals surface area (Å²) in [5.41, 5.74) is 6.02. The van der Waals surface area contributed by atoms with E-state index in [0.29, 0.717) is 0 Å². The summed E-state index contributed by atoms with van der Waals surface area (Å²) in [6.45, 7) is 0.937. The van der Waals surface area contributed by atoms with Gasteiger partial charge in [0.05, 0.1) is 5.52 Å². The molecule has 1 aliphatic rings. The van der Waals surface area contributed by atoms with Crippen molar-refractivity contribution in [3.8, 4) is 11.8 Å². The Kier molecular flexibility index (Phi) is 5.90. The maximum atomic E-state index is 9.55. The van der Waals surface area contributed by atoms with Crippen molar-refractivity contribution in [1.29, 1.82) is 5.26 Å². The summed E-state index contributed by atoms with van der Waals surface area (Å²) in [6.07, 6.45) is 8.67. The summed E-state index contributed by atoms with van der Waals surface area (Å²) >= 11 is 0. The summed E-state index contributed by atoms with van der Waals surface area (Å²) in [6, 6.07) is 13.7. The minimum Gasteiger partial charge on any atom is -0.505 e. The number of para-hydroxylation sites is 1. The lowest BCUT2D eigenvalue weighted by Gasteiger charge is -2.21. The smallest absolute Gasteiger partial charge is 0.182 e. The highest BCUT2D eigenvalue weighted by Gasteiger charge is 2.17. The van der Waals surface area contributed by atoms with Gasteiger partial charge in [-0.3, -0.25) is 4.98 Å². The van der Waals surface area contributed by atoms with E-state index < -0.39 is 0 Å². The van der Waals surface area contributed by atoms with E-state index in [0.717, 1.165) is 56.3 Å². The molecule has 0 atom stereocenters. The first-order valence-corrected chi connectivity index (χ1v) is 10.5. The van der Waals surface area contributed by atoms with Gasteiger partial charge in [0.1, 0.15) is 6.07 Å². The standard InChI is InChI=1S/C24H26N4O/c25-16-22-23(29)14-13-17(27-22)8-2-1-7-15-26-24-18-9-3-5-11-20(18)28-21-12-6-4-10-19(21)24/h3,5,9,11,13-14,29H,1-2,4,6-8,10,12,15H2,(H,26,28). The summed E-state index contributed by atoms with van der Waals surface area (Å²) in [7, 11) is 0. The largest absolute Gasteiger partial charge is 0.505 e. The lowest BCUT2D eigenvalue weighted by molar-refractivity contribution is 0.469. The fraction of sp³-hybridized carbons (Fsp3) is 0.375. The van der Waals surface area contributed by atoms with Crippen molar-refractivity contribution < 1.29 is 5.11 Å². The zero-order chi connectivity index (χ0) is 20.1. The third-order valence-electron chi connectivity index (χ3n) is 5.62. The molecule has 1 aromatic carbocycles. The van der Waals surface area contributed by atoms with E-state index >= 15 is 0 Å². The number of pyridine rings is 2. The normalized spacial score (nSPS) is 13.1. The van der Waals surface area contributed by atoms with E-state index in [9.17, 15) is 5.11 Å². The van der Waals surface area contributed by atoms with Crippen LogP contribution < -0.4 is 5.32 Å². The van der Waals surface area contributed by atoms with Gasteiger partial charge in [-0.2, -0.15) is 5.26 Å². The van der Waals surface area contributed by atoms with Gasteiger partial charge in [-0.05, 0) is 68.7 Å². The van der Waals surface area contributed by atoms with Gasteiger partial charge < -0.3 is 10.4 Å². The van der Waals surface area contributed by atoms with Crippen molar-refractivity contribution in [3.63, 3.8) is 0 Å². The monoisotopic (exact) mass is 386 g/mol. The maximum absolute atomic E-state index is 9.55. The number of fused-ring (bicyclic) bond motifs is 2. The second-order valence-electron chi connectivity index (χ2n) is 7.66. The van der Waals surface area contributed by atoms with Crippen LogP contribution in [-0.4, -0.2) is 21.6 Å². The fourth-order valence-corrected chi connectivity index (χ4v) is 4.11. The van der Waals surface area contributed by atoms with Crippen LogP contribution in [0.4, 0.5) is 5.69 Å². The van der Waals surface area contributed by atoms with Crippen LogP contribution in [0.2, 0.25) is 0 Å². The number of nitrogens with zero attached hydrogens (tertiary/aromatic N) is 3. The van der Waals surface area contributed by atoms with E-state index in [1.807, 2.05) is 6.07 Å². The molecule has 0 bridgehead atoms. The van der Waals surface area contributed by atoms with E-state index in [4.69, 9.17) is 10.2 Å². The molecule has 0 amide bonds. The minimum absolute atomic E-state index is 0.0478. The minimum atomic E-state index is -0.0478. The van der Waals surface area contributed by atoms with Crippen LogP contribution in [0.1, 0.15) is 54.7 Å². The lowest BCUT2D eigenvalue weighted by Crippen LogP contribution is -2.12. The fourth-order valence-electron chi connectivity index (χ4n) is 4.11. The molecule has 0 radical (unpaired) electrons. The molecule has 3 aromatic rings. The molecule has 5 heteroatoms. The first-order chi connectivity index (χ1) is 14.3. The number of unbranched alkanes of at least 4 members (excludes halogenated alkanes) is 2. The third kappa shape index (κ3) is 4.32. The Morgan fingerprint density at radius 2 is 1.86 bits per heavy atom. The van der Waals surface area contributed by atoms with Crippen molar-refractivity contribution in [2.45, 2.75) is 51.4 Å². The Morgan fingerprint density at radius 3 is 2.76 bits per heavy atom. The summed E-state index contributed by atoms with van der Waals surface area (Å²) in [5.74, 6) is -0.0478. The Balaban J connectivity index is 1.34. The number of anilines is 1. The SMILES string of the molecule is N#Cc1nc(CCCCCNc2c3c(nc4ccccc24)CCCC3)ccc1O. The third-order valence-corrected chi connectivity index (χ3v) is 5.62. The Morgan fingerprint density at radius 1 is 1.00 bits per heavy atom. The molecule has 1 aliphatic carbocycles. The molecule has 0 saturated heterocycles. The highest BCUT2D eigenvalue weighted by Crippen LogP contribution is 2.33. The average Bonchev–Trinajstić information content (AvgIpc) is 2.76. The maximum Gasteiger partial charge on any atom is 0.182 e. The summed E-state index contributed by atoms with van der Waals surface area (Å²) in [5, 5.41) is 23.4. The van der Waals surface area contributed by atoms with E-state index in [-0.39, 0.29) is 11.4 Å². The molecule has 0 spiro atoms. The molecule has 0 fully saturated rings. The topological polar surface area (TPSA) is 81.8 Å². The Bertz CT molecular complexity index is 1050. The number of hydrogen-bond acceptors (Lipinski definition) is 5. The van der Waals surface area contributed by atoms with Crippen molar-refractivity contribution in [2.24, 2.45) is 0 Å². The number of benzene rings is 1. The molecule has 0 saturated carbocycles. The van der Waals surface area contributed by atoms with Crippen molar-refractivity contribution in [1.82, 2.24) is 9.97 Å². The van der Waals surface area contributed by atoms with Gasteiger partial charge in [-0.15, -0.1) is 0 Å².